The highest BCUT2D eigenvalue weighted by Gasteiger charge is 2.21. The van der Waals surface area contributed by atoms with Gasteiger partial charge < -0.3 is 4.57 Å². The minimum Gasteiger partial charge on any atom is -0.308 e. The summed E-state index contributed by atoms with van der Waals surface area (Å²) in [6.45, 7) is 3.13. The Bertz CT molecular complexity index is 1720. The molecule has 6 aromatic rings. The number of aryl methyl sites for hydroxylation is 4. The van der Waals surface area contributed by atoms with E-state index in [-0.39, 0.29) is 5.56 Å². The maximum Gasteiger partial charge on any atom is 0.265 e. The lowest BCUT2D eigenvalue weighted by Crippen LogP contribution is -2.25. The van der Waals surface area contributed by atoms with Crippen LogP contribution in [0.25, 0.3) is 33.2 Å². The minimum atomic E-state index is -0.0588. The van der Waals surface area contributed by atoms with Crippen LogP contribution in [0.1, 0.15) is 17.0 Å². The third-order valence-electron chi connectivity index (χ3n) is 6.58. The third-order valence-corrected chi connectivity index (χ3v) is 6.58. The lowest BCUT2D eigenvalue weighted by molar-refractivity contribution is 0.634. The summed E-state index contributed by atoms with van der Waals surface area (Å²) in [4.78, 5) is 28.6. The molecule has 172 valence electrons. The van der Waals surface area contributed by atoms with Gasteiger partial charge in [-0.2, -0.15) is 0 Å². The zero-order valence-electron chi connectivity index (χ0n) is 19.6. The first-order valence-corrected chi connectivity index (χ1v) is 11.9. The Kier molecular flexibility index (Phi) is 5.34. The summed E-state index contributed by atoms with van der Waals surface area (Å²) in [5.74, 6) is 0.701. The van der Waals surface area contributed by atoms with Gasteiger partial charge in [0.2, 0.25) is 0 Å². The molecule has 0 aliphatic rings. The topological polar surface area (TPSA) is 65.6 Å². The predicted octanol–water partition coefficient (Wildman–Crippen LogP) is 5.09. The average Bonchev–Trinajstić information content (AvgIpc) is 3.19. The van der Waals surface area contributed by atoms with Crippen LogP contribution >= 0.6 is 0 Å². The van der Waals surface area contributed by atoms with Gasteiger partial charge in [-0.05, 0) is 43.0 Å². The van der Waals surface area contributed by atoms with Crippen LogP contribution in [0.15, 0.2) is 89.7 Å². The van der Waals surface area contributed by atoms with Crippen molar-refractivity contribution < 1.29 is 0 Å². The second-order valence-electron chi connectivity index (χ2n) is 8.82. The number of para-hydroxylation sites is 2. The van der Waals surface area contributed by atoms with Crippen molar-refractivity contribution in [3.63, 3.8) is 0 Å². The van der Waals surface area contributed by atoms with E-state index in [2.05, 4.69) is 28.8 Å². The Morgan fingerprint density at radius 1 is 0.629 bits per heavy atom. The molecule has 0 spiro atoms. The van der Waals surface area contributed by atoms with Crippen LogP contribution in [0, 0.1) is 6.92 Å². The van der Waals surface area contributed by atoms with Crippen LogP contribution in [0.3, 0.4) is 0 Å². The lowest BCUT2D eigenvalue weighted by atomic mass is 10.1. The molecule has 0 bridgehead atoms. The van der Waals surface area contributed by atoms with Crippen molar-refractivity contribution in [3.8, 4) is 0 Å². The fourth-order valence-corrected chi connectivity index (χ4v) is 4.74. The second kappa shape index (κ2) is 8.80. The number of nitrogens with zero attached hydrogens (tertiary/aromatic N) is 5. The highest BCUT2D eigenvalue weighted by atomic mass is 16.1. The summed E-state index contributed by atoms with van der Waals surface area (Å²) >= 11 is 0. The van der Waals surface area contributed by atoms with E-state index >= 15 is 0 Å². The molecular formula is C29H25N5O. The molecule has 6 nitrogen and oxygen atoms in total. The van der Waals surface area contributed by atoms with Gasteiger partial charge in [0.15, 0.2) is 11.3 Å². The van der Waals surface area contributed by atoms with Crippen molar-refractivity contribution in [1.82, 2.24) is 24.1 Å². The first-order chi connectivity index (χ1) is 17.2. The van der Waals surface area contributed by atoms with Crippen molar-refractivity contribution in [2.24, 2.45) is 0 Å². The monoisotopic (exact) mass is 459 g/mol. The Morgan fingerprint density at radius 2 is 1.17 bits per heavy atom. The van der Waals surface area contributed by atoms with Crippen molar-refractivity contribution in [3.05, 3.63) is 112 Å². The molecule has 3 aromatic heterocycles. The molecule has 0 N–H and O–H groups in total. The van der Waals surface area contributed by atoms with Gasteiger partial charge in [-0.25, -0.2) is 15.0 Å². The van der Waals surface area contributed by atoms with Crippen molar-refractivity contribution in [1.29, 1.82) is 0 Å². The number of hydrogen-bond acceptors (Lipinski definition) is 4. The quantitative estimate of drug-likeness (QED) is 0.348. The second-order valence-corrected chi connectivity index (χ2v) is 8.82. The lowest BCUT2D eigenvalue weighted by Gasteiger charge is -2.11. The Morgan fingerprint density at radius 3 is 1.80 bits per heavy atom. The van der Waals surface area contributed by atoms with Crippen LogP contribution < -0.4 is 5.56 Å². The molecule has 0 fully saturated rings. The fourth-order valence-electron chi connectivity index (χ4n) is 4.74. The van der Waals surface area contributed by atoms with Gasteiger partial charge in [-0.15, -0.1) is 0 Å². The zero-order valence-corrected chi connectivity index (χ0v) is 19.6. The summed E-state index contributed by atoms with van der Waals surface area (Å²) in [7, 11) is 0. The van der Waals surface area contributed by atoms with E-state index in [1.807, 2.05) is 67.6 Å². The van der Waals surface area contributed by atoms with Gasteiger partial charge in [0.1, 0.15) is 16.7 Å². The largest absolute Gasteiger partial charge is 0.308 e. The van der Waals surface area contributed by atoms with E-state index in [0.29, 0.717) is 41.1 Å². The first-order valence-electron chi connectivity index (χ1n) is 11.9. The molecule has 0 unspecified atom stereocenters. The van der Waals surface area contributed by atoms with Gasteiger partial charge in [0.25, 0.3) is 5.56 Å². The smallest absolute Gasteiger partial charge is 0.265 e. The first kappa shape index (κ1) is 21.2. The molecule has 0 atom stereocenters. The fraction of sp³-hybridized carbons (Fsp3) is 0.172. The van der Waals surface area contributed by atoms with E-state index in [1.165, 1.54) is 11.1 Å². The normalized spacial score (nSPS) is 11.6. The molecule has 3 aromatic carbocycles. The number of aromatic nitrogens is 5. The van der Waals surface area contributed by atoms with E-state index < -0.39 is 0 Å². The molecule has 35 heavy (non-hydrogen) atoms. The highest BCUT2D eigenvalue weighted by Crippen LogP contribution is 2.26. The Hall–Kier alpha value is -4.32. The molecule has 6 rings (SSSR count). The standard InChI is InChI=1S/C29H25N5O/c1-20-30-27-25(29(35)33(20)18-16-21-10-4-2-5-11-21)26-28(32-24-15-9-8-14-23(24)31-26)34(27)19-17-22-12-6-3-7-13-22/h2-15H,16-19H2,1H3. The third kappa shape index (κ3) is 3.87. The van der Waals surface area contributed by atoms with Crippen LogP contribution in [0.4, 0.5) is 0 Å². The van der Waals surface area contributed by atoms with Crippen molar-refractivity contribution >= 4 is 33.2 Å². The summed E-state index contributed by atoms with van der Waals surface area (Å²) in [5.41, 5.74) is 5.93. The molecule has 0 aliphatic heterocycles. The average molecular weight is 460 g/mol. The van der Waals surface area contributed by atoms with Crippen LogP contribution in [0.2, 0.25) is 0 Å². The van der Waals surface area contributed by atoms with Crippen molar-refractivity contribution in [2.45, 2.75) is 32.9 Å². The minimum absolute atomic E-state index is 0.0588. The van der Waals surface area contributed by atoms with Crippen molar-refractivity contribution in [2.75, 3.05) is 0 Å². The molecule has 6 heteroatoms. The summed E-state index contributed by atoms with van der Waals surface area (Å²) in [5, 5.41) is 0.546. The molecule has 0 saturated carbocycles. The SMILES string of the molecule is Cc1nc2c(c(=O)n1CCc1ccccc1)c1nc3ccccc3nc1n2CCc1ccccc1. The van der Waals surface area contributed by atoms with Crippen LogP contribution in [-0.4, -0.2) is 24.1 Å². The summed E-state index contributed by atoms with van der Waals surface area (Å²) in [6, 6.07) is 28.3. The van der Waals surface area contributed by atoms with Gasteiger partial charge in [-0.3, -0.25) is 9.36 Å². The van der Waals surface area contributed by atoms with E-state index in [1.54, 1.807) is 4.57 Å². The number of benzene rings is 3. The Balaban J connectivity index is 1.53. The zero-order chi connectivity index (χ0) is 23.8. The highest BCUT2D eigenvalue weighted by molar-refractivity contribution is 6.04. The van der Waals surface area contributed by atoms with E-state index in [4.69, 9.17) is 15.0 Å². The summed E-state index contributed by atoms with van der Waals surface area (Å²) < 4.78 is 3.83. The van der Waals surface area contributed by atoms with Gasteiger partial charge in [0, 0.05) is 13.1 Å². The van der Waals surface area contributed by atoms with Crippen LogP contribution in [0.5, 0.6) is 0 Å². The predicted molar refractivity (Wildman–Crippen MR) is 140 cm³/mol. The Labute approximate surface area is 202 Å². The van der Waals surface area contributed by atoms with Gasteiger partial charge in [-0.1, -0.05) is 72.8 Å². The molecule has 0 saturated heterocycles. The molecule has 0 amide bonds. The van der Waals surface area contributed by atoms with Crippen LogP contribution in [-0.2, 0) is 25.9 Å². The molecule has 0 aliphatic carbocycles. The van der Waals surface area contributed by atoms with E-state index in [9.17, 15) is 4.79 Å². The molecular weight excluding hydrogens is 434 g/mol. The molecule has 3 heterocycles. The van der Waals surface area contributed by atoms with Gasteiger partial charge >= 0.3 is 0 Å². The maximum atomic E-state index is 13.9. The number of rotatable bonds is 6. The molecule has 0 radical (unpaired) electrons. The summed E-state index contributed by atoms with van der Waals surface area (Å²) in [6.07, 6.45) is 1.57. The van der Waals surface area contributed by atoms with E-state index in [0.717, 1.165) is 23.9 Å². The number of fused-ring (bicyclic) bond motifs is 4. The maximum absolute atomic E-state index is 13.9. The van der Waals surface area contributed by atoms with Gasteiger partial charge in [0.05, 0.1) is 11.0 Å². The number of hydrogen-bond donors (Lipinski definition) is 0.